The Morgan fingerprint density at radius 1 is 1.53 bits per heavy atom. The van der Waals surface area contributed by atoms with Gasteiger partial charge in [0, 0.05) is 18.0 Å². The second kappa shape index (κ2) is 4.70. The van der Waals surface area contributed by atoms with Gasteiger partial charge in [-0.2, -0.15) is 0 Å². The number of nitrogens with one attached hydrogen (secondary N) is 1. The molecule has 0 saturated carbocycles. The van der Waals surface area contributed by atoms with Crippen molar-refractivity contribution in [3.05, 3.63) is 26.6 Å². The molecule has 1 aliphatic rings. The molecule has 3 rings (SSSR count). The molecule has 1 unspecified atom stereocenters. The molecule has 3 heterocycles. The van der Waals surface area contributed by atoms with E-state index in [1.165, 1.54) is 0 Å². The summed E-state index contributed by atoms with van der Waals surface area (Å²) < 4.78 is 0. The smallest absolute Gasteiger partial charge is 0.259 e. The monoisotopic (exact) mass is 279 g/mol. The molecule has 2 N–H and O–H groups in total. The van der Waals surface area contributed by atoms with Crippen molar-refractivity contribution in [1.82, 2.24) is 14.9 Å². The number of aliphatic hydroxyl groups excluding tert-OH is 1. The number of aryl methyl sites for hydroxylation is 2. The van der Waals surface area contributed by atoms with Crippen molar-refractivity contribution >= 4 is 21.6 Å². The van der Waals surface area contributed by atoms with Crippen molar-refractivity contribution in [3.63, 3.8) is 0 Å². The van der Waals surface area contributed by atoms with E-state index in [1.807, 2.05) is 13.8 Å². The predicted molar refractivity (Wildman–Crippen MR) is 75.6 cm³/mol. The van der Waals surface area contributed by atoms with E-state index < -0.39 is 0 Å². The fourth-order valence-electron chi connectivity index (χ4n) is 2.54. The molecule has 0 bridgehead atoms. The number of hydrogen-bond acceptors (Lipinski definition) is 5. The molecule has 102 valence electrons. The third-order valence-corrected chi connectivity index (χ3v) is 4.81. The average molecular weight is 279 g/mol. The van der Waals surface area contributed by atoms with Gasteiger partial charge in [-0.1, -0.05) is 0 Å². The van der Waals surface area contributed by atoms with Gasteiger partial charge in [-0.3, -0.25) is 9.69 Å². The molecule has 0 aliphatic carbocycles. The van der Waals surface area contributed by atoms with E-state index in [4.69, 9.17) is 0 Å². The van der Waals surface area contributed by atoms with Gasteiger partial charge in [-0.25, -0.2) is 4.98 Å². The van der Waals surface area contributed by atoms with E-state index in [9.17, 15) is 9.90 Å². The standard InChI is InChI=1S/C13H17N3O2S/c1-7-8(2)19-13-11(7)12(18)14-10(15-13)6-16-4-3-9(17)5-16/h9,17H,3-6H2,1-2H3,(H,14,15,18). The van der Waals surface area contributed by atoms with Gasteiger partial charge >= 0.3 is 0 Å². The zero-order chi connectivity index (χ0) is 13.6. The minimum atomic E-state index is -0.248. The quantitative estimate of drug-likeness (QED) is 0.866. The first-order chi connectivity index (χ1) is 9.04. The van der Waals surface area contributed by atoms with Crippen LogP contribution in [0.25, 0.3) is 10.2 Å². The van der Waals surface area contributed by atoms with Crippen LogP contribution in [0.5, 0.6) is 0 Å². The Balaban J connectivity index is 1.95. The number of hydrogen-bond donors (Lipinski definition) is 2. The highest BCUT2D eigenvalue weighted by Crippen LogP contribution is 2.25. The second-order valence-corrected chi connectivity index (χ2v) is 6.36. The van der Waals surface area contributed by atoms with Gasteiger partial charge in [0.05, 0.1) is 18.0 Å². The summed E-state index contributed by atoms with van der Waals surface area (Å²) >= 11 is 1.57. The van der Waals surface area contributed by atoms with E-state index in [0.29, 0.717) is 24.3 Å². The summed E-state index contributed by atoms with van der Waals surface area (Å²) in [5.74, 6) is 0.688. The number of β-amino-alcohol motifs (C(OH)–C–C–N with tert-alkyl or cyclic N) is 1. The highest BCUT2D eigenvalue weighted by Gasteiger charge is 2.21. The van der Waals surface area contributed by atoms with Crippen LogP contribution < -0.4 is 5.56 Å². The number of aromatic nitrogens is 2. The number of rotatable bonds is 2. The van der Waals surface area contributed by atoms with Crippen LogP contribution >= 0.6 is 11.3 Å². The van der Waals surface area contributed by atoms with E-state index in [2.05, 4.69) is 14.9 Å². The lowest BCUT2D eigenvalue weighted by Crippen LogP contribution is -2.24. The minimum absolute atomic E-state index is 0.0541. The Bertz CT molecular complexity index is 676. The Labute approximate surface area is 114 Å². The zero-order valence-electron chi connectivity index (χ0n) is 11.1. The molecule has 6 heteroatoms. The van der Waals surface area contributed by atoms with Crippen LogP contribution in [-0.2, 0) is 6.54 Å². The average Bonchev–Trinajstić information content (AvgIpc) is 2.85. The van der Waals surface area contributed by atoms with Gasteiger partial charge in [0.25, 0.3) is 5.56 Å². The number of aromatic amines is 1. The predicted octanol–water partition coefficient (Wildman–Crippen LogP) is 1.17. The fraction of sp³-hybridized carbons (Fsp3) is 0.538. The molecule has 2 aromatic heterocycles. The first kappa shape index (κ1) is 12.8. The van der Waals surface area contributed by atoms with Crippen LogP contribution in [0.1, 0.15) is 22.7 Å². The first-order valence-electron chi connectivity index (χ1n) is 6.44. The van der Waals surface area contributed by atoms with Gasteiger partial charge in [0.1, 0.15) is 10.7 Å². The fourth-order valence-corrected chi connectivity index (χ4v) is 3.59. The Hall–Kier alpha value is -1.24. The molecule has 0 amide bonds. The topological polar surface area (TPSA) is 69.2 Å². The Morgan fingerprint density at radius 2 is 2.32 bits per heavy atom. The molecule has 1 saturated heterocycles. The number of likely N-dealkylation sites (tertiary alicyclic amines) is 1. The molecule has 1 atom stereocenters. The van der Waals surface area contributed by atoms with Crippen LogP contribution in [0.4, 0.5) is 0 Å². The zero-order valence-corrected chi connectivity index (χ0v) is 11.9. The van der Waals surface area contributed by atoms with E-state index >= 15 is 0 Å². The van der Waals surface area contributed by atoms with Crippen LogP contribution in [0.15, 0.2) is 4.79 Å². The lowest BCUT2D eigenvalue weighted by molar-refractivity contribution is 0.174. The third-order valence-electron chi connectivity index (χ3n) is 3.71. The minimum Gasteiger partial charge on any atom is -0.392 e. The van der Waals surface area contributed by atoms with E-state index in [1.54, 1.807) is 11.3 Å². The van der Waals surface area contributed by atoms with Gasteiger partial charge in [0.2, 0.25) is 0 Å². The van der Waals surface area contributed by atoms with Crippen molar-refractivity contribution in [3.8, 4) is 0 Å². The largest absolute Gasteiger partial charge is 0.392 e. The molecule has 2 aromatic rings. The molecule has 0 spiro atoms. The highest BCUT2D eigenvalue weighted by atomic mass is 32.1. The molecular weight excluding hydrogens is 262 g/mol. The highest BCUT2D eigenvalue weighted by molar-refractivity contribution is 7.18. The molecule has 0 radical (unpaired) electrons. The normalized spacial score (nSPS) is 20.5. The molecule has 5 nitrogen and oxygen atoms in total. The molecular formula is C13H17N3O2S. The summed E-state index contributed by atoms with van der Waals surface area (Å²) in [4.78, 5) is 23.6. The number of fused-ring (bicyclic) bond motifs is 1. The number of thiophene rings is 1. The summed E-state index contributed by atoms with van der Waals surface area (Å²) in [7, 11) is 0. The maximum atomic E-state index is 12.1. The summed E-state index contributed by atoms with van der Waals surface area (Å²) in [5.41, 5.74) is 0.971. The van der Waals surface area contributed by atoms with Gasteiger partial charge in [-0.15, -0.1) is 11.3 Å². The maximum Gasteiger partial charge on any atom is 0.259 e. The van der Waals surface area contributed by atoms with Crippen LogP contribution in [0, 0.1) is 13.8 Å². The summed E-state index contributed by atoms with van der Waals surface area (Å²) in [6.07, 6.45) is 0.547. The number of H-pyrrole nitrogens is 1. The SMILES string of the molecule is Cc1sc2nc(CN3CCC(O)C3)[nH]c(=O)c2c1C. The summed E-state index contributed by atoms with van der Waals surface area (Å²) in [6, 6.07) is 0. The summed E-state index contributed by atoms with van der Waals surface area (Å²) in [5, 5.41) is 10.2. The Kier molecular flexibility index (Phi) is 3.16. The van der Waals surface area contributed by atoms with Crippen molar-refractivity contribution in [2.75, 3.05) is 13.1 Å². The number of aliphatic hydroxyl groups is 1. The van der Waals surface area contributed by atoms with E-state index in [0.717, 1.165) is 28.2 Å². The van der Waals surface area contributed by atoms with Crippen molar-refractivity contribution < 1.29 is 5.11 Å². The number of nitrogens with zero attached hydrogens (tertiary/aromatic N) is 2. The van der Waals surface area contributed by atoms with Gasteiger partial charge < -0.3 is 10.1 Å². The Morgan fingerprint density at radius 3 is 3.00 bits per heavy atom. The molecule has 19 heavy (non-hydrogen) atoms. The lowest BCUT2D eigenvalue weighted by Gasteiger charge is -2.13. The maximum absolute atomic E-state index is 12.1. The molecule has 1 fully saturated rings. The summed E-state index contributed by atoms with van der Waals surface area (Å²) in [6.45, 7) is 6.08. The van der Waals surface area contributed by atoms with Crippen molar-refractivity contribution in [2.24, 2.45) is 0 Å². The molecule has 1 aliphatic heterocycles. The lowest BCUT2D eigenvalue weighted by atomic mass is 10.2. The van der Waals surface area contributed by atoms with Crippen LogP contribution in [0.3, 0.4) is 0 Å². The second-order valence-electron chi connectivity index (χ2n) is 5.15. The van der Waals surface area contributed by atoms with Crippen LogP contribution in [-0.4, -0.2) is 39.2 Å². The van der Waals surface area contributed by atoms with Crippen LogP contribution in [0.2, 0.25) is 0 Å². The van der Waals surface area contributed by atoms with Gasteiger partial charge in [0.15, 0.2) is 0 Å². The molecule has 0 aromatic carbocycles. The third kappa shape index (κ3) is 2.31. The van der Waals surface area contributed by atoms with Crippen molar-refractivity contribution in [2.45, 2.75) is 32.9 Å². The van der Waals surface area contributed by atoms with Gasteiger partial charge in [-0.05, 0) is 25.8 Å². The first-order valence-corrected chi connectivity index (χ1v) is 7.25. The van der Waals surface area contributed by atoms with E-state index in [-0.39, 0.29) is 11.7 Å². The van der Waals surface area contributed by atoms with Crippen molar-refractivity contribution in [1.29, 1.82) is 0 Å².